The van der Waals surface area contributed by atoms with Gasteiger partial charge in [0.25, 0.3) is 0 Å². The summed E-state index contributed by atoms with van der Waals surface area (Å²) in [6.07, 6.45) is 4.21. The van der Waals surface area contributed by atoms with E-state index in [0.717, 1.165) is 18.0 Å². The normalized spacial score (nSPS) is 15.3. The molecule has 1 fully saturated rings. The molecule has 1 aromatic carbocycles. The Balaban J connectivity index is 1.49. The number of aliphatic imine (C=N–C) groups is 1. The first-order valence-corrected chi connectivity index (χ1v) is 8.94. The Morgan fingerprint density at radius 3 is 3.04 bits per heavy atom. The zero-order valence-electron chi connectivity index (χ0n) is 14.7. The van der Waals surface area contributed by atoms with Crippen LogP contribution in [0.5, 0.6) is 0 Å². The zero-order chi connectivity index (χ0) is 19.2. The minimum Gasteiger partial charge on any atom is -0.394 e. The van der Waals surface area contributed by atoms with Crippen molar-refractivity contribution in [2.45, 2.75) is 4.90 Å². The number of nitrogens with zero attached hydrogens (tertiary/aromatic N) is 5. The van der Waals surface area contributed by atoms with E-state index in [0.29, 0.717) is 24.5 Å². The van der Waals surface area contributed by atoms with Gasteiger partial charge in [0, 0.05) is 37.8 Å². The molecule has 1 N–H and O–H groups in total. The first-order chi connectivity index (χ1) is 13.1. The van der Waals surface area contributed by atoms with E-state index in [4.69, 9.17) is 4.84 Å². The monoisotopic (exact) mass is 390 g/mol. The molecular formula is C17H19FN6O2S. The molecule has 0 unspecified atom stereocenters. The fourth-order valence-corrected chi connectivity index (χ4v) is 3.68. The van der Waals surface area contributed by atoms with Gasteiger partial charge in [-0.05, 0) is 36.9 Å². The van der Waals surface area contributed by atoms with Gasteiger partial charge in [-0.2, -0.15) is 5.10 Å². The van der Waals surface area contributed by atoms with Gasteiger partial charge in [0.05, 0.1) is 16.8 Å². The molecular weight excluding hydrogens is 371 g/mol. The summed E-state index contributed by atoms with van der Waals surface area (Å²) in [6, 6.07) is 4.15. The number of aromatic nitrogens is 2. The third-order valence-electron chi connectivity index (χ3n) is 3.89. The molecule has 2 aromatic rings. The van der Waals surface area contributed by atoms with E-state index < -0.39 is 5.82 Å². The number of oxime groups is 1. The number of aryl methyl sites for hydroxylation is 1. The van der Waals surface area contributed by atoms with Gasteiger partial charge in [0.1, 0.15) is 12.4 Å². The number of halogens is 1. The highest BCUT2D eigenvalue weighted by Gasteiger charge is 2.28. The van der Waals surface area contributed by atoms with Crippen LogP contribution in [0.4, 0.5) is 10.1 Å². The number of amides is 1. The van der Waals surface area contributed by atoms with Gasteiger partial charge in [-0.25, -0.2) is 13.7 Å². The second kappa shape index (κ2) is 8.78. The fourth-order valence-electron chi connectivity index (χ4n) is 2.51. The molecule has 10 heteroatoms. The van der Waals surface area contributed by atoms with Crippen LogP contribution in [0.3, 0.4) is 0 Å². The van der Waals surface area contributed by atoms with E-state index in [1.165, 1.54) is 18.2 Å². The lowest BCUT2D eigenvalue weighted by atomic mass is 10.1. The van der Waals surface area contributed by atoms with Gasteiger partial charge in [-0.15, -0.1) is 0 Å². The number of hydrogen-bond donors (Lipinski definition) is 1. The quantitative estimate of drug-likeness (QED) is 0.245. The number of anilines is 1. The maximum Gasteiger partial charge on any atom is 0.211 e. The van der Waals surface area contributed by atoms with Crippen molar-refractivity contribution in [2.75, 3.05) is 25.0 Å². The lowest BCUT2D eigenvalue weighted by Gasteiger charge is -2.36. The Hall–Kier alpha value is -2.72. The number of amidine groups is 1. The molecule has 0 bridgehead atoms. The molecule has 142 valence electrons. The molecule has 8 nitrogen and oxygen atoms in total. The van der Waals surface area contributed by atoms with E-state index in [-0.39, 0.29) is 11.5 Å². The molecule has 0 radical (unpaired) electrons. The number of nitrogens with one attached hydrogen (secondary N) is 1. The largest absolute Gasteiger partial charge is 0.394 e. The van der Waals surface area contributed by atoms with E-state index in [1.807, 2.05) is 19.4 Å². The maximum atomic E-state index is 13.6. The van der Waals surface area contributed by atoms with Crippen molar-refractivity contribution in [3.63, 3.8) is 0 Å². The van der Waals surface area contributed by atoms with E-state index in [9.17, 15) is 9.18 Å². The number of benzene rings is 1. The zero-order valence-corrected chi connectivity index (χ0v) is 15.5. The lowest BCUT2D eigenvalue weighted by molar-refractivity contribution is -0.105. The molecule has 1 aliphatic rings. The highest BCUT2D eigenvalue weighted by molar-refractivity contribution is 7.97. The van der Waals surface area contributed by atoms with Crippen LogP contribution in [0, 0.1) is 11.7 Å². The first kappa shape index (κ1) is 19.1. The summed E-state index contributed by atoms with van der Waals surface area (Å²) in [7, 11) is 1.89. The summed E-state index contributed by atoms with van der Waals surface area (Å²) in [4.78, 5) is 20.8. The first-order valence-electron chi connectivity index (χ1n) is 8.17. The van der Waals surface area contributed by atoms with Crippen molar-refractivity contribution in [1.82, 2.24) is 14.1 Å². The summed E-state index contributed by atoms with van der Waals surface area (Å²) in [6.45, 7) is 5.68. The topological polar surface area (TPSA) is 84.1 Å². The standard InChI is InChI=1S/C17H19FN6O2S/c1-19-17(13-3-4-15(18)16(5-13)20-11-25)22-26-10-12-7-24(8-12)27-14-6-21-23(2)9-14/h3-6,9,11-12H,1,7-8,10H2,2H3,(H,20,25)/b22-17-. The molecule has 0 aliphatic carbocycles. The van der Waals surface area contributed by atoms with Crippen molar-refractivity contribution in [1.29, 1.82) is 0 Å². The van der Waals surface area contributed by atoms with E-state index >= 15 is 0 Å². The SMILES string of the molecule is C=N/C(=N\OCC1CN(Sc2cnn(C)c2)C1)c1ccc(F)c(NC=O)c1. The predicted molar refractivity (Wildman–Crippen MR) is 102 cm³/mol. The molecule has 0 spiro atoms. The summed E-state index contributed by atoms with van der Waals surface area (Å²) < 4.78 is 17.6. The lowest BCUT2D eigenvalue weighted by Crippen LogP contribution is -2.44. The average Bonchev–Trinajstić information content (AvgIpc) is 3.03. The maximum absolute atomic E-state index is 13.6. The van der Waals surface area contributed by atoms with Crippen LogP contribution in [0.15, 0.2) is 45.6 Å². The molecule has 3 rings (SSSR count). The van der Waals surface area contributed by atoms with Crippen LogP contribution in [-0.2, 0) is 16.7 Å². The Bertz CT molecular complexity index is 850. The summed E-state index contributed by atoms with van der Waals surface area (Å²) in [5.74, 6) is 0.0465. The van der Waals surface area contributed by atoms with Crippen LogP contribution < -0.4 is 5.32 Å². The van der Waals surface area contributed by atoms with Crippen molar-refractivity contribution in [3.8, 4) is 0 Å². The van der Waals surface area contributed by atoms with Gasteiger partial charge in [0.2, 0.25) is 6.41 Å². The molecule has 1 aliphatic heterocycles. The Morgan fingerprint density at radius 1 is 1.56 bits per heavy atom. The minimum absolute atomic E-state index is 0.0425. The number of carbonyl (C=O) groups is 1. The van der Waals surface area contributed by atoms with Crippen LogP contribution in [-0.4, -0.2) is 52.7 Å². The third-order valence-corrected chi connectivity index (χ3v) is 4.87. The molecule has 27 heavy (non-hydrogen) atoms. The second-order valence-electron chi connectivity index (χ2n) is 5.98. The number of carbonyl (C=O) groups excluding carboxylic acids is 1. The molecule has 0 saturated carbocycles. The van der Waals surface area contributed by atoms with Gasteiger partial charge in [-0.1, -0.05) is 5.16 Å². The Morgan fingerprint density at radius 2 is 2.37 bits per heavy atom. The molecule has 1 amide bonds. The van der Waals surface area contributed by atoms with Crippen molar-refractivity contribution < 1.29 is 14.0 Å². The van der Waals surface area contributed by atoms with E-state index in [1.54, 1.807) is 16.6 Å². The number of rotatable bonds is 8. The van der Waals surface area contributed by atoms with Crippen molar-refractivity contribution in [3.05, 3.63) is 42.0 Å². The second-order valence-corrected chi connectivity index (χ2v) is 7.15. The molecule has 1 saturated heterocycles. The van der Waals surface area contributed by atoms with Crippen molar-refractivity contribution in [2.24, 2.45) is 23.1 Å². The molecule has 1 aromatic heterocycles. The van der Waals surface area contributed by atoms with Crippen LogP contribution in [0.25, 0.3) is 0 Å². The average molecular weight is 390 g/mol. The third kappa shape index (κ3) is 4.92. The Labute approximate surface area is 160 Å². The van der Waals surface area contributed by atoms with Gasteiger partial charge < -0.3 is 10.2 Å². The Kier molecular flexibility index (Phi) is 6.20. The molecule has 0 atom stereocenters. The van der Waals surface area contributed by atoms with Gasteiger partial charge >= 0.3 is 0 Å². The van der Waals surface area contributed by atoms with Crippen LogP contribution >= 0.6 is 11.9 Å². The fraction of sp³-hybridized carbons (Fsp3) is 0.294. The highest BCUT2D eigenvalue weighted by Crippen LogP contribution is 2.30. The summed E-state index contributed by atoms with van der Waals surface area (Å²) in [5.41, 5.74) is 0.541. The minimum atomic E-state index is -0.546. The summed E-state index contributed by atoms with van der Waals surface area (Å²) in [5, 5.41) is 10.4. The molecule has 2 heterocycles. The van der Waals surface area contributed by atoms with E-state index in [2.05, 4.69) is 31.6 Å². The predicted octanol–water partition coefficient (Wildman–Crippen LogP) is 2.15. The number of hydrogen-bond acceptors (Lipinski definition) is 6. The van der Waals surface area contributed by atoms with Crippen LogP contribution in [0.1, 0.15) is 5.56 Å². The van der Waals surface area contributed by atoms with Gasteiger partial charge in [0.15, 0.2) is 5.84 Å². The van der Waals surface area contributed by atoms with Crippen LogP contribution in [0.2, 0.25) is 0 Å². The van der Waals surface area contributed by atoms with Gasteiger partial charge in [-0.3, -0.25) is 9.48 Å². The smallest absolute Gasteiger partial charge is 0.211 e. The van der Waals surface area contributed by atoms with Crippen molar-refractivity contribution >= 4 is 36.6 Å². The summed E-state index contributed by atoms with van der Waals surface area (Å²) >= 11 is 1.66. The highest BCUT2D eigenvalue weighted by atomic mass is 32.2.